The van der Waals surface area contributed by atoms with Gasteiger partial charge in [-0.2, -0.15) is 0 Å². The van der Waals surface area contributed by atoms with Crippen LogP contribution < -0.4 is 0 Å². The number of hydrogen-bond donors (Lipinski definition) is 0. The molecule has 1 fully saturated rings. The predicted octanol–water partition coefficient (Wildman–Crippen LogP) is 1.91. The van der Waals surface area contributed by atoms with Crippen LogP contribution in [0.1, 0.15) is 36.7 Å². The molecule has 0 saturated carbocycles. The summed E-state index contributed by atoms with van der Waals surface area (Å²) in [6.45, 7) is 8.36. The van der Waals surface area contributed by atoms with Gasteiger partial charge in [-0.1, -0.05) is 12.1 Å². The van der Waals surface area contributed by atoms with Crippen LogP contribution in [0.15, 0.2) is 24.3 Å². The van der Waals surface area contributed by atoms with Crippen LogP contribution >= 0.6 is 0 Å². The highest BCUT2D eigenvalue weighted by atomic mass is 16.5. The van der Waals surface area contributed by atoms with Crippen molar-refractivity contribution < 1.29 is 14.3 Å². The van der Waals surface area contributed by atoms with Gasteiger partial charge in [0.15, 0.2) is 0 Å². The van der Waals surface area contributed by atoms with Gasteiger partial charge in [-0.05, 0) is 31.5 Å². The molecule has 1 aliphatic rings. The second kappa shape index (κ2) is 6.92. The predicted molar refractivity (Wildman–Crippen MR) is 84.5 cm³/mol. The molecule has 0 spiro atoms. The first kappa shape index (κ1) is 16.5. The average molecular weight is 304 g/mol. The van der Waals surface area contributed by atoms with Crippen molar-refractivity contribution in [3.05, 3.63) is 35.4 Å². The van der Waals surface area contributed by atoms with E-state index >= 15 is 0 Å². The number of amides is 1. The molecule has 1 heterocycles. The molecule has 0 N–H and O–H groups in total. The Morgan fingerprint density at radius 2 is 1.68 bits per heavy atom. The van der Waals surface area contributed by atoms with E-state index in [9.17, 15) is 9.59 Å². The zero-order valence-electron chi connectivity index (χ0n) is 13.7. The normalized spacial score (nSPS) is 22.5. The fourth-order valence-electron chi connectivity index (χ4n) is 3.30. The Balaban J connectivity index is 2.00. The molecule has 1 aliphatic heterocycles. The van der Waals surface area contributed by atoms with Crippen molar-refractivity contribution in [3.8, 4) is 0 Å². The van der Waals surface area contributed by atoms with Crippen molar-refractivity contribution in [3.63, 3.8) is 0 Å². The lowest BCUT2D eigenvalue weighted by Gasteiger charge is -2.44. The highest BCUT2D eigenvalue weighted by molar-refractivity contribution is 5.89. The molecule has 0 radical (unpaired) electrons. The molecule has 0 bridgehead atoms. The van der Waals surface area contributed by atoms with Crippen LogP contribution in [0.4, 0.5) is 0 Å². The minimum Gasteiger partial charge on any atom is -0.465 e. The molecule has 0 unspecified atom stereocenters. The van der Waals surface area contributed by atoms with Crippen molar-refractivity contribution >= 4 is 11.9 Å². The monoisotopic (exact) mass is 304 g/mol. The molecule has 1 aromatic carbocycles. The van der Waals surface area contributed by atoms with Gasteiger partial charge >= 0.3 is 5.97 Å². The third kappa shape index (κ3) is 3.65. The summed E-state index contributed by atoms with van der Waals surface area (Å²) in [5, 5.41) is 0. The van der Waals surface area contributed by atoms with Gasteiger partial charge in [0.25, 0.3) is 0 Å². The summed E-state index contributed by atoms with van der Waals surface area (Å²) in [4.78, 5) is 27.4. The van der Waals surface area contributed by atoms with Crippen LogP contribution in [0.25, 0.3) is 0 Å². The highest BCUT2D eigenvalue weighted by Gasteiger charge is 2.30. The first-order valence-electron chi connectivity index (χ1n) is 7.61. The summed E-state index contributed by atoms with van der Waals surface area (Å²) in [5.41, 5.74) is 1.72. The number of hydrogen-bond acceptors (Lipinski definition) is 4. The molecule has 2 rings (SSSR count). The number of carbonyl (C=O) groups is 2. The van der Waals surface area contributed by atoms with Gasteiger partial charge in [-0.25, -0.2) is 4.79 Å². The van der Waals surface area contributed by atoms with E-state index in [4.69, 9.17) is 4.74 Å². The van der Waals surface area contributed by atoms with Gasteiger partial charge in [-0.15, -0.1) is 0 Å². The third-order valence-electron chi connectivity index (χ3n) is 4.14. The smallest absolute Gasteiger partial charge is 0.337 e. The number of carbonyl (C=O) groups excluding carboxylic acids is 2. The minimum atomic E-state index is -0.316. The topological polar surface area (TPSA) is 49.9 Å². The van der Waals surface area contributed by atoms with Gasteiger partial charge in [-0.3, -0.25) is 9.69 Å². The highest BCUT2D eigenvalue weighted by Crippen LogP contribution is 2.18. The standard InChI is InChI=1S/C17H24N2O3/c1-12-9-18(10-13(2)19(12)14(3)20)11-15-5-7-16(8-6-15)17(21)22-4/h5-8,12-13H,9-11H2,1-4H3/t12-,13+. The Morgan fingerprint density at radius 3 is 2.14 bits per heavy atom. The number of methoxy groups -OCH3 is 1. The van der Waals surface area contributed by atoms with Crippen molar-refractivity contribution in [1.29, 1.82) is 0 Å². The van der Waals surface area contributed by atoms with E-state index in [0.717, 1.165) is 25.2 Å². The molecular weight excluding hydrogens is 280 g/mol. The molecular formula is C17H24N2O3. The first-order chi connectivity index (χ1) is 10.4. The minimum absolute atomic E-state index is 0.141. The fraction of sp³-hybridized carbons (Fsp3) is 0.529. The van der Waals surface area contributed by atoms with E-state index in [0.29, 0.717) is 5.56 Å². The first-order valence-corrected chi connectivity index (χ1v) is 7.61. The Bertz CT molecular complexity index is 529. The van der Waals surface area contributed by atoms with Crippen LogP contribution in [0.2, 0.25) is 0 Å². The molecule has 0 aromatic heterocycles. The number of nitrogens with zero attached hydrogens (tertiary/aromatic N) is 2. The van der Waals surface area contributed by atoms with Crippen molar-refractivity contribution in [2.45, 2.75) is 39.4 Å². The number of esters is 1. The van der Waals surface area contributed by atoms with Gasteiger partial charge in [0, 0.05) is 38.6 Å². The second-order valence-electron chi connectivity index (χ2n) is 6.01. The van der Waals surface area contributed by atoms with Crippen LogP contribution in [0.5, 0.6) is 0 Å². The fourth-order valence-corrected chi connectivity index (χ4v) is 3.30. The van der Waals surface area contributed by atoms with Crippen molar-refractivity contribution in [2.24, 2.45) is 0 Å². The number of ether oxygens (including phenoxy) is 1. The third-order valence-corrected chi connectivity index (χ3v) is 4.14. The molecule has 22 heavy (non-hydrogen) atoms. The Morgan fingerprint density at radius 1 is 1.14 bits per heavy atom. The number of rotatable bonds is 3. The van der Waals surface area contributed by atoms with E-state index in [1.807, 2.05) is 17.0 Å². The summed E-state index contributed by atoms with van der Waals surface area (Å²) in [6, 6.07) is 7.93. The summed E-state index contributed by atoms with van der Waals surface area (Å²) in [5.74, 6) is -0.175. The SMILES string of the molecule is COC(=O)c1ccc(CN2C[C@@H](C)N(C(C)=O)[C@@H](C)C2)cc1. The maximum atomic E-state index is 11.7. The quantitative estimate of drug-likeness (QED) is 0.801. The van der Waals surface area contributed by atoms with Gasteiger partial charge in [0.1, 0.15) is 0 Å². The number of piperazine rings is 1. The Kier molecular flexibility index (Phi) is 5.19. The van der Waals surface area contributed by atoms with E-state index < -0.39 is 0 Å². The Labute approximate surface area is 131 Å². The summed E-state index contributed by atoms with van der Waals surface area (Å²) >= 11 is 0. The molecule has 5 nitrogen and oxygen atoms in total. The number of benzene rings is 1. The zero-order valence-corrected chi connectivity index (χ0v) is 13.7. The van der Waals surface area contributed by atoms with Gasteiger partial charge in [0.05, 0.1) is 12.7 Å². The van der Waals surface area contributed by atoms with Crippen LogP contribution in [-0.4, -0.2) is 54.0 Å². The molecule has 1 amide bonds. The maximum absolute atomic E-state index is 11.7. The van der Waals surface area contributed by atoms with E-state index in [1.54, 1.807) is 19.1 Å². The van der Waals surface area contributed by atoms with Crippen molar-refractivity contribution in [2.75, 3.05) is 20.2 Å². The van der Waals surface area contributed by atoms with Crippen LogP contribution in [0.3, 0.4) is 0 Å². The lowest BCUT2D eigenvalue weighted by atomic mass is 10.1. The lowest BCUT2D eigenvalue weighted by molar-refractivity contribution is -0.136. The van der Waals surface area contributed by atoms with E-state index in [1.165, 1.54) is 7.11 Å². The average Bonchev–Trinajstić information content (AvgIpc) is 2.46. The molecule has 2 atom stereocenters. The molecule has 1 saturated heterocycles. The molecule has 120 valence electrons. The van der Waals surface area contributed by atoms with E-state index in [-0.39, 0.29) is 24.0 Å². The summed E-state index contributed by atoms with van der Waals surface area (Å²) < 4.78 is 4.70. The zero-order chi connectivity index (χ0) is 16.3. The summed E-state index contributed by atoms with van der Waals surface area (Å²) in [6.07, 6.45) is 0. The lowest BCUT2D eigenvalue weighted by Crippen LogP contribution is -2.57. The Hall–Kier alpha value is -1.88. The van der Waals surface area contributed by atoms with Crippen LogP contribution in [-0.2, 0) is 16.1 Å². The van der Waals surface area contributed by atoms with Crippen molar-refractivity contribution in [1.82, 2.24) is 9.80 Å². The molecule has 0 aliphatic carbocycles. The van der Waals surface area contributed by atoms with Crippen LogP contribution in [0, 0.1) is 0 Å². The largest absolute Gasteiger partial charge is 0.465 e. The van der Waals surface area contributed by atoms with Gasteiger partial charge in [0.2, 0.25) is 5.91 Å². The summed E-state index contributed by atoms with van der Waals surface area (Å²) in [7, 11) is 1.38. The second-order valence-corrected chi connectivity index (χ2v) is 6.01. The van der Waals surface area contributed by atoms with Gasteiger partial charge < -0.3 is 9.64 Å². The molecule has 5 heteroatoms. The molecule has 1 aromatic rings. The maximum Gasteiger partial charge on any atom is 0.337 e. The van der Waals surface area contributed by atoms with E-state index in [2.05, 4.69) is 18.7 Å².